The molecular weight excluding hydrogens is 620 g/mol. The minimum atomic E-state index is -1.80. The average Bonchev–Trinajstić information content (AvgIpc) is 3.09. The van der Waals surface area contributed by atoms with Gasteiger partial charge in [-0.25, -0.2) is 9.59 Å². The van der Waals surface area contributed by atoms with Crippen LogP contribution in [0, 0.1) is 0 Å². The van der Waals surface area contributed by atoms with Gasteiger partial charge in [-0.3, -0.25) is 0 Å². The van der Waals surface area contributed by atoms with Crippen LogP contribution in [0.3, 0.4) is 0 Å². The van der Waals surface area contributed by atoms with E-state index in [9.17, 15) is 19.8 Å². The van der Waals surface area contributed by atoms with Gasteiger partial charge < -0.3 is 29.2 Å². The van der Waals surface area contributed by atoms with Gasteiger partial charge in [-0.2, -0.15) is 0 Å². The molecule has 2 atom stereocenters. The molecule has 2 N–H and O–H groups in total. The van der Waals surface area contributed by atoms with Crippen LogP contribution in [0.5, 0.6) is 11.5 Å². The van der Waals surface area contributed by atoms with Crippen LogP contribution in [0.15, 0.2) is 60.7 Å². The molecule has 2 saturated carbocycles. The molecule has 8 nitrogen and oxygen atoms in total. The van der Waals surface area contributed by atoms with Crippen molar-refractivity contribution in [3.05, 3.63) is 83.0 Å². The van der Waals surface area contributed by atoms with Gasteiger partial charge in [0, 0.05) is 23.5 Å². The second-order valence-electron chi connectivity index (χ2n) is 14.8. The van der Waals surface area contributed by atoms with Crippen LogP contribution >= 0.6 is 0 Å². The van der Waals surface area contributed by atoms with E-state index >= 15 is 0 Å². The third-order valence-corrected chi connectivity index (χ3v) is 9.90. The molecule has 0 aromatic heterocycles. The summed E-state index contributed by atoms with van der Waals surface area (Å²) in [6.45, 7) is 15.8. The van der Waals surface area contributed by atoms with Gasteiger partial charge >= 0.3 is 11.9 Å². The summed E-state index contributed by atoms with van der Waals surface area (Å²) >= 11 is 0. The predicted octanol–water partition coefficient (Wildman–Crippen LogP) is 8.17. The number of ether oxygens (including phenoxy) is 4. The lowest BCUT2D eigenvalue weighted by Crippen LogP contribution is -2.38. The summed E-state index contributed by atoms with van der Waals surface area (Å²) in [6, 6.07) is 12.7. The summed E-state index contributed by atoms with van der Waals surface area (Å²) in [5.41, 5.74) is 4.71. The number of rotatable bonds is 15. The summed E-state index contributed by atoms with van der Waals surface area (Å²) in [5.74, 6) is -0.865. The number of benzene rings is 2. The van der Waals surface area contributed by atoms with Crippen LogP contribution in [-0.4, -0.2) is 53.9 Å². The van der Waals surface area contributed by atoms with Gasteiger partial charge in [-0.05, 0) is 85.8 Å². The molecule has 0 spiro atoms. The molecule has 2 unspecified atom stereocenters. The molecule has 0 heterocycles. The zero-order chi connectivity index (χ0) is 35.8. The molecule has 0 radical (unpaired) electrons. The highest BCUT2D eigenvalue weighted by Crippen LogP contribution is 2.44. The second-order valence-corrected chi connectivity index (χ2v) is 14.8. The van der Waals surface area contributed by atoms with Crippen molar-refractivity contribution in [2.45, 2.75) is 128 Å². The van der Waals surface area contributed by atoms with E-state index < -0.39 is 23.8 Å². The van der Waals surface area contributed by atoms with Crippen LogP contribution in [0.25, 0.3) is 0 Å². The van der Waals surface area contributed by atoms with Crippen molar-refractivity contribution in [3.8, 4) is 11.5 Å². The Morgan fingerprint density at radius 2 is 1.22 bits per heavy atom. The van der Waals surface area contributed by atoms with Gasteiger partial charge in [0.25, 0.3) is 0 Å². The molecule has 2 aliphatic carbocycles. The third-order valence-electron chi connectivity index (χ3n) is 9.90. The monoisotopic (exact) mass is 676 g/mol. The summed E-state index contributed by atoms with van der Waals surface area (Å²) < 4.78 is 22.7. The van der Waals surface area contributed by atoms with Crippen LogP contribution in [0.2, 0.25) is 0 Å². The Hall–Kier alpha value is -3.62. The topological polar surface area (TPSA) is 112 Å². The number of hydrogen-bond acceptors (Lipinski definition) is 8. The fraction of sp³-hybridized carbons (Fsp3) is 0.561. The first-order valence-corrected chi connectivity index (χ1v) is 17.8. The van der Waals surface area contributed by atoms with E-state index in [0.29, 0.717) is 17.6 Å². The predicted molar refractivity (Wildman–Crippen MR) is 191 cm³/mol. The Morgan fingerprint density at radius 1 is 0.755 bits per heavy atom. The number of aliphatic hydroxyl groups excluding tert-OH is 1. The normalized spacial score (nSPS) is 17.8. The van der Waals surface area contributed by atoms with Gasteiger partial charge in [0.05, 0.1) is 0 Å². The maximum absolute atomic E-state index is 12.1. The Balaban J connectivity index is 1.61. The largest absolute Gasteiger partial charge is 0.490 e. The molecule has 2 fully saturated rings. The number of aliphatic hydroxyl groups is 2. The molecule has 2 aromatic rings. The minimum Gasteiger partial charge on any atom is -0.490 e. The Bertz CT molecular complexity index is 1480. The van der Waals surface area contributed by atoms with Gasteiger partial charge in [-0.15, -0.1) is 0 Å². The smallest absolute Gasteiger partial charge is 0.335 e. The van der Waals surface area contributed by atoms with Crippen molar-refractivity contribution in [3.63, 3.8) is 0 Å². The van der Waals surface area contributed by atoms with Crippen LogP contribution in [0.1, 0.15) is 133 Å². The first kappa shape index (κ1) is 38.2. The molecule has 2 aromatic carbocycles. The molecule has 49 heavy (non-hydrogen) atoms. The van der Waals surface area contributed by atoms with Crippen molar-refractivity contribution in [2.75, 3.05) is 19.8 Å². The van der Waals surface area contributed by atoms with E-state index in [2.05, 4.69) is 51.3 Å². The average molecular weight is 677 g/mol. The standard InChI is InChI=1S/C41H56O8/c1-27(2)38(43)47-25-33(42)24-46-36-20-18-31(22-34(36)29-14-10-8-11-15-29)40(5,6)32-19-21-37(35(23-32)30-16-12-9-13-17-30)48-26-41(7,45)49-39(44)28(3)4/h18-23,29-30,33,42,45H,1,3,8-17,24-26H2,2,4-7H3. The molecule has 0 amide bonds. The number of carbonyl (C=O) groups excluding carboxylic acids is 2. The molecule has 0 saturated heterocycles. The fourth-order valence-electron chi connectivity index (χ4n) is 6.83. The SMILES string of the molecule is C=C(C)C(=O)OCC(O)COc1ccc(C(C)(C)c2ccc(OCC(C)(O)OC(=O)C(=C)C)c(C3CCCCC3)c2)cc1C1CCCCC1. The Kier molecular flexibility index (Phi) is 13.1. The Morgan fingerprint density at radius 3 is 1.69 bits per heavy atom. The fourth-order valence-corrected chi connectivity index (χ4v) is 6.83. The highest BCUT2D eigenvalue weighted by Gasteiger charge is 2.31. The molecule has 268 valence electrons. The zero-order valence-corrected chi connectivity index (χ0v) is 30.1. The van der Waals surface area contributed by atoms with Crippen LogP contribution < -0.4 is 9.47 Å². The maximum Gasteiger partial charge on any atom is 0.335 e. The van der Waals surface area contributed by atoms with E-state index in [4.69, 9.17) is 18.9 Å². The molecule has 0 bridgehead atoms. The highest BCUT2D eigenvalue weighted by atomic mass is 16.7. The summed E-state index contributed by atoms with van der Waals surface area (Å²) in [6.07, 6.45) is 10.4. The lowest BCUT2D eigenvalue weighted by molar-refractivity contribution is -0.207. The summed E-state index contributed by atoms with van der Waals surface area (Å²) in [5, 5.41) is 21.3. The van der Waals surface area contributed by atoms with E-state index in [-0.39, 0.29) is 36.4 Å². The highest BCUT2D eigenvalue weighted by molar-refractivity contribution is 5.87. The molecule has 8 heteroatoms. The first-order valence-electron chi connectivity index (χ1n) is 17.8. The molecule has 0 aliphatic heterocycles. The van der Waals surface area contributed by atoms with Gasteiger partial charge in [-0.1, -0.05) is 89.8 Å². The van der Waals surface area contributed by atoms with E-state index in [1.807, 2.05) is 12.1 Å². The van der Waals surface area contributed by atoms with Gasteiger partial charge in [0.2, 0.25) is 5.79 Å². The van der Waals surface area contributed by atoms with Crippen LogP contribution in [-0.2, 0) is 24.5 Å². The third kappa shape index (κ3) is 10.4. The lowest BCUT2D eigenvalue weighted by atomic mass is 9.74. The molecular formula is C41H56O8. The zero-order valence-electron chi connectivity index (χ0n) is 30.1. The van der Waals surface area contributed by atoms with E-state index in [1.165, 1.54) is 39.5 Å². The summed E-state index contributed by atoms with van der Waals surface area (Å²) in [4.78, 5) is 23.9. The Labute approximate surface area is 292 Å². The molecule has 2 aliphatic rings. The lowest BCUT2D eigenvalue weighted by Gasteiger charge is -2.32. The number of carbonyl (C=O) groups is 2. The van der Waals surface area contributed by atoms with Crippen molar-refractivity contribution in [2.24, 2.45) is 0 Å². The minimum absolute atomic E-state index is 0.0113. The van der Waals surface area contributed by atoms with Crippen molar-refractivity contribution in [1.82, 2.24) is 0 Å². The first-order chi connectivity index (χ1) is 23.2. The van der Waals surface area contributed by atoms with Gasteiger partial charge in [0.1, 0.15) is 30.8 Å². The van der Waals surface area contributed by atoms with Gasteiger partial charge in [0.15, 0.2) is 6.61 Å². The van der Waals surface area contributed by atoms with E-state index in [1.54, 1.807) is 6.92 Å². The molecule has 4 rings (SSSR count). The summed E-state index contributed by atoms with van der Waals surface area (Å²) in [7, 11) is 0. The maximum atomic E-state index is 12.1. The van der Waals surface area contributed by atoms with Crippen LogP contribution in [0.4, 0.5) is 0 Å². The van der Waals surface area contributed by atoms with Crippen molar-refractivity contribution in [1.29, 1.82) is 0 Å². The van der Waals surface area contributed by atoms with E-state index in [0.717, 1.165) is 66.5 Å². The quantitative estimate of drug-likeness (QED) is 0.110. The number of hydrogen-bond donors (Lipinski definition) is 2. The van der Waals surface area contributed by atoms with Crippen molar-refractivity contribution >= 4 is 11.9 Å². The second kappa shape index (κ2) is 16.9. The number of esters is 2. The van der Waals surface area contributed by atoms with Crippen molar-refractivity contribution < 1.29 is 38.7 Å².